The standard InChI is InChI=1S/C12H21N3/c1-10(2)12(6-13)9-15-8-11-4-3-5-14-7-11/h3-5,7,10,12,15H,6,8-9,13H2,1-2H3. The first-order valence-electron chi connectivity index (χ1n) is 5.53. The number of nitrogens with two attached hydrogens (primary N) is 1. The van der Waals surface area contributed by atoms with Gasteiger partial charge in [0.2, 0.25) is 0 Å². The van der Waals surface area contributed by atoms with Crippen molar-refractivity contribution in [3.63, 3.8) is 0 Å². The second-order valence-electron chi connectivity index (χ2n) is 4.23. The lowest BCUT2D eigenvalue weighted by Crippen LogP contribution is -2.31. The molecule has 15 heavy (non-hydrogen) atoms. The van der Waals surface area contributed by atoms with Crippen LogP contribution in [0.4, 0.5) is 0 Å². The van der Waals surface area contributed by atoms with Crippen molar-refractivity contribution in [1.82, 2.24) is 10.3 Å². The van der Waals surface area contributed by atoms with Gasteiger partial charge in [-0.2, -0.15) is 0 Å². The van der Waals surface area contributed by atoms with Gasteiger partial charge in [-0.15, -0.1) is 0 Å². The maximum absolute atomic E-state index is 5.70. The van der Waals surface area contributed by atoms with Crippen LogP contribution >= 0.6 is 0 Å². The van der Waals surface area contributed by atoms with E-state index in [1.165, 1.54) is 5.56 Å². The van der Waals surface area contributed by atoms with E-state index in [2.05, 4.69) is 30.2 Å². The third-order valence-electron chi connectivity index (χ3n) is 2.70. The summed E-state index contributed by atoms with van der Waals surface area (Å²) >= 11 is 0. The van der Waals surface area contributed by atoms with Crippen LogP contribution in [-0.4, -0.2) is 18.1 Å². The van der Waals surface area contributed by atoms with Crippen LogP contribution in [0.5, 0.6) is 0 Å². The molecule has 1 heterocycles. The van der Waals surface area contributed by atoms with Gasteiger partial charge in [0.25, 0.3) is 0 Å². The van der Waals surface area contributed by atoms with Gasteiger partial charge in [-0.05, 0) is 36.6 Å². The Labute approximate surface area is 92.1 Å². The minimum absolute atomic E-state index is 0.557. The van der Waals surface area contributed by atoms with E-state index in [0.29, 0.717) is 11.8 Å². The third-order valence-corrected chi connectivity index (χ3v) is 2.70. The normalized spacial score (nSPS) is 13.1. The summed E-state index contributed by atoms with van der Waals surface area (Å²) in [6.07, 6.45) is 3.68. The van der Waals surface area contributed by atoms with Crippen molar-refractivity contribution < 1.29 is 0 Å². The van der Waals surface area contributed by atoms with Gasteiger partial charge in [0, 0.05) is 18.9 Å². The summed E-state index contributed by atoms with van der Waals surface area (Å²) in [5.41, 5.74) is 6.92. The zero-order chi connectivity index (χ0) is 11.1. The fourth-order valence-corrected chi connectivity index (χ4v) is 1.50. The van der Waals surface area contributed by atoms with Crippen LogP contribution < -0.4 is 11.1 Å². The number of nitrogens with one attached hydrogen (secondary N) is 1. The maximum atomic E-state index is 5.70. The van der Waals surface area contributed by atoms with Crippen LogP contribution in [0.15, 0.2) is 24.5 Å². The molecule has 1 unspecified atom stereocenters. The quantitative estimate of drug-likeness (QED) is 0.741. The number of hydrogen-bond donors (Lipinski definition) is 2. The molecule has 0 aliphatic carbocycles. The first-order valence-corrected chi connectivity index (χ1v) is 5.53. The molecule has 0 radical (unpaired) electrons. The Morgan fingerprint density at radius 2 is 2.27 bits per heavy atom. The highest BCUT2D eigenvalue weighted by Gasteiger charge is 2.10. The molecule has 0 aliphatic heterocycles. The van der Waals surface area contributed by atoms with Crippen molar-refractivity contribution in [2.45, 2.75) is 20.4 Å². The van der Waals surface area contributed by atoms with Crippen molar-refractivity contribution in [3.8, 4) is 0 Å². The average Bonchev–Trinajstić information content (AvgIpc) is 2.25. The number of pyridine rings is 1. The summed E-state index contributed by atoms with van der Waals surface area (Å²) in [5, 5.41) is 3.41. The molecule has 0 amide bonds. The summed E-state index contributed by atoms with van der Waals surface area (Å²) < 4.78 is 0. The van der Waals surface area contributed by atoms with Gasteiger partial charge in [0.1, 0.15) is 0 Å². The molecule has 1 aromatic rings. The Morgan fingerprint density at radius 1 is 1.47 bits per heavy atom. The van der Waals surface area contributed by atoms with Gasteiger partial charge in [-0.1, -0.05) is 19.9 Å². The van der Waals surface area contributed by atoms with Crippen LogP contribution in [0.3, 0.4) is 0 Å². The Morgan fingerprint density at radius 3 is 2.80 bits per heavy atom. The zero-order valence-electron chi connectivity index (χ0n) is 9.61. The molecule has 3 N–H and O–H groups in total. The summed E-state index contributed by atoms with van der Waals surface area (Å²) in [4.78, 5) is 4.07. The molecule has 0 aliphatic rings. The maximum Gasteiger partial charge on any atom is 0.0312 e. The topological polar surface area (TPSA) is 50.9 Å². The first-order chi connectivity index (χ1) is 7.24. The van der Waals surface area contributed by atoms with Crippen molar-refractivity contribution in [2.24, 2.45) is 17.6 Å². The predicted octanol–water partition coefficient (Wildman–Crippen LogP) is 1.40. The van der Waals surface area contributed by atoms with E-state index >= 15 is 0 Å². The van der Waals surface area contributed by atoms with E-state index in [9.17, 15) is 0 Å². The number of hydrogen-bond acceptors (Lipinski definition) is 3. The van der Waals surface area contributed by atoms with E-state index in [1.54, 1.807) is 6.20 Å². The molecule has 3 heteroatoms. The Bertz CT molecular complexity index is 259. The molecule has 0 saturated heterocycles. The molecule has 1 atom stereocenters. The second kappa shape index (κ2) is 6.53. The molecule has 0 saturated carbocycles. The summed E-state index contributed by atoms with van der Waals surface area (Å²) in [5.74, 6) is 1.19. The van der Waals surface area contributed by atoms with E-state index in [4.69, 9.17) is 5.73 Å². The lowest BCUT2D eigenvalue weighted by atomic mass is 9.96. The Hall–Kier alpha value is -0.930. The van der Waals surface area contributed by atoms with E-state index in [0.717, 1.165) is 19.6 Å². The van der Waals surface area contributed by atoms with Gasteiger partial charge in [0.05, 0.1) is 0 Å². The van der Waals surface area contributed by atoms with Gasteiger partial charge in [0.15, 0.2) is 0 Å². The van der Waals surface area contributed by atoms with Crippen LogP contribution in [0.25, 0.3) is 0 Å². The monoisotopic (exact) mass is 207 g/mol. The lowest BCUT2D eigenvalue weighted by Gasteiger charge is -2.19. The molecular weight excluding hydrogens is 186 g/mol. The van der Waals surface area contributed by atoms with Gasteiger partial charge in [-0.3, -0.25) is 4.98 Å². The van der Waals surface area contributed by atoms with Crippen molar-refractivity contribution in [3.05, 3.63) is 30.1 Å². The Kier molecular flexibility index (Phi) is 5.29. The molecule has 0 fully saturated rings. The lowest BCUT2D eigenvalue weighted by molar-refractivity contribution is 0.370. The largest absolute Gasteiger partial charge is 0.330 e. The molecular formula is C12H21N3. The van der Waals surface area contributed by atoms with Gasteiger partial charge < -0.3 is 11.1 Å². The molecule has 3 nitrogen and oxygen atoms in total. The second-order valence-corrected chi connectivity index (χ2v) is 4.23. The third kappa shape index (κ3) is 4.40. The fraction of sp³-hybridized carbons (Fsp3) is 0.583. The summed E-state index contributed by atoms with van der Waals surface area (Å²) in [7, 11) is 0. The van der Waals surface area contributed by atoms with Gasteiger partial charge in [-0.25, -0.2) is 0 Å². The highest BCUT2D eigenvalue weighted by Crippen LogP contribution is 2.07. The predicted molar refractivity (Wildman–Crippen MR) is 63.3 cm³/mol. The summed E-state index contributed by atoms with van der Waals surface area (Å²) in [6.45, 7) is 7.02. The van der Waals surface area contributed by atoms with Crippen LogP contribution in [0.2, 0.25) is 0 Å². The van der Waals surface area contributed by atoms with E-state index < -0.39 is 0 Å². The summed E-state index contributed by atoms with van der Waals surface area (Å²) in [6, 6.07) is 4.03. The highest BCUT2D eigenvalue weighted by molar-refractivity contribution is 5.07. The van der Waals surface area contributed by atoms with E-state index in [1.807, 2.05) is 12.3 Å². The molecule has 0 spiro atoms. The fourth-order valence-electron chi connectivity index (χ4n) is 1.50. The number of aromatic nitrogens is 1. The van der Waals surface area contributed by atoms with E-state index in [-0.39, 0.29) is 0 Å². The smallest absolute Gasteiger partial charge is 0.0312 e. The number of rotatable bonds is 6. The highest BCUT2D eigenvalue weighted by atomic mass is 14.9. The first kappa shape index (κ1) is 12.1. The van der Waals surface area contributed by atoms with Crippen LogP contribution in [0.1, 0.15) is 19.4 Å². The minimum Gasteiger partial charge on any atom is -0.330 e. The SMILES string of the molecule is CC(C)C(CN)CNCc1cccnc1. The Balaban J connectivity index is 2.27. The minimum atomic E-state index is 0.557. The molecule has 1 aromatic heterocycles. The van der Waals surface area contributed by atoms with Crippen LogP contribution in [-0.2, 0) is 6.54 Å². The number of nitrogens with zero attached hydrogens (tertiary/aromatic N) is 1. The molecule has 84 valence electrons. The zero-order valence-corrected chi connectivity index (χ0v) is 9.61. The van der Waals surface area contributed by atoms with Crippen molar-refractivity contribution in [2.75, 3.05) is 13.1 Å². The molecule has 1 rings (SSSR count). The van der Waals surface area contributed by atoms with Gasteiger partial charge >= 0.3 is 0 Å². The van der Waals surface area contributed by atoms with Crippen molar-refractivity contribution in [1.29, 1.82) is 0 Å². The van der Waals surface area contributed by atoms with Crippen molar-refractivity contribution >= 4 is 0 Å². The van der Waals surface area contributed by atoms with Crippen LogP contribution in [0, 0.1) is 11.8 Å². The molecule has 0 bridgehead atoms. The molecule has 0 aromatic carbocycles. The average molecular weight is 207 g/mol.